The van der Waals surface area contributed by atoms with E-state index in [9.17, 15) is 9.59 Å². The Balaban J connectivity index is 1.49. The number of nitrogens with zero attached hydrogens (tertiary/aromatic N) is 3. The lowest BCUT2D eigenvalue weighted by Crippen LogP contribution is -2.34. The summed E-state index contributed by atoms with van der Waals surface area (Å²) in [5.74, 6) is 1.26. The fraction of sp³-hybridized carbons (Fsp3) is 0.292. The van der Waals surface area contributed by atoms with Crippen molar-refractivity contribution < 1.29 is 14.3 Å². The van der Waals surface area contributed by atoms with Crippen molar-refractivity contribution in [2.24, 2.45) is 0 Å². The number of para-hydroxylation sites is 1. The smallest absolute Gasteiger partial charge is 0.273 e. The van der Waals surface area contributed by atoms with E-state index >= 15 is 0 Å². The van der Waals surface area contributed by atoms with E-state index in [0.29, 0.717) is 30.4 Å². The van der Waals surface area contributed by atoms with Gasteiger partial charge in [0.1, 0.15) is 19.3 Å². The zero-order chi connectivity index (χ0) is 22.4. The van der Waals surface area contributed by atoms with Crippen molar-refractivity contribution in [3.8, 4) is 11.5 Å². The molecule has 2 atom stereocenters. The molecule has 2 unspecified atom stereocenters. The number of benzene rings is 2. The van der Waals surface area contributed by atoms with Crippen molar-refractivity contribution in [3.05, 3.63) is 70.1 Å². The van der Waals surface area contributed by atoms with Gasteiger partial charge in [-0.1, -0.05) is 18.2 Å². The van der Waals surface area contributed by atoms with Crippen LogP contribution < -0.4 is 20.3 Å². The number of carbonyl (C=O) groups is 1. The van der Waals surface area contributed by atoms with Crippen molar-refractivity contribution in [2.75, 3.05) is 13.2 Å². The number of fused-ring (bicyclic) bond motifs is 4. The predicted molar refractivity (Wildman–Crippen MR) is 120 cm³/mol. The van der Waals surface area contributed by atoms with E-state index in [-0.39, 0.29) is 17.5 Å². The first-order chi connectivity index (χ1) is 15.4. The van der Waals surface area contributed by atoms with E-state index in [4.69, 9.17) is 9.47 Å². The van der Waals surface area contributed by atoms with Crippen LogP contribution in [0.4, 0.5) is 0 Å². The summed E-state index contributed by atoms with van der Waals surface area (Å²) in [6.07, 6.45) is 0. The Morgan fingerprint density at radius 2 is 1.81 bits per heavy atom. The van der Waals surface area contributed by atoms with Crippen molar-refractivity contribution >= 4 is 22.5 Å². The Bertz CT molecular complexity index is 1400. The molecule has 0 fully saturated rings. The van der Waals surface area contributed by atoms with Crippen LogP contribution >= 0.6 is 0 Å². The molecule has 8 heteroatoms. The zero-order valence-electron chi connectivity index (χ0n) is 18.2. The van der Waals surface area contributed by atoms with Gasteiger partial charge in [0, 0.05) is 17.1 Å². The topological polar surface area (TPSA) is 86.9 Å². The minimum Gasteiger partial charge on any atom is -0.486 e. The Kier molecular flexibility index (Phi) is 4.84. The molecule has 2 aromatic carbocycles. The van der Waals surface area contributed by atoms with Crippen molar-refractivity contribution in [2.45, 2.75) is 32.9 Å². The molecular formula is C24H24N4O4. The molecule has 1 N–H and O–H groups in total. The van der Waals surface area contributed by atoms with E-state index in [1.165, 1.54) is 6.07 Å². The molecule has 164 valence electrons. The SMILES string of the molecule is Cc1cc(=O)nc2c3ccccc3n(C(C)C(=O)NC(C)c3ccc4c(c3)OCCO4)n12. The minimum absolute atomic E-state index is 0.145. The zero-order valence-corrected chi connectivity index (χ0v) is 18.2. The van der Waals surface area contributed by atoms with Crippen molar-refractivity contribution in [1.29, 1.82) is 0 Å². The van der Waals surface area contributed by atoms with Gasteiger partial charge in [-0.15, -0.1) is 0 Å². The first-order valence-corrected chi connectivity index (χ1v) is 10.6. The second-order valence-corrected chi connectivity index (χ2v) is 8.04. The predicted octanol–water partition coefficient (Wildman–Crippen LogP) is 3.17. The summed E-state index contributed by atoms with van der Waals surface area (Å²) >= 11 is 0. The summed E-state index contributed by atoms with van der Waals surface area (Å²) in [6, 6.07) is 14.1. The van der Waals surface area contributed by atoms with Crippen LogP contribution in [0.3, 0.4) is 0 Å². The first-order valence-electron chi connectivity index (χ1n) is 10.6. The lowest BCUT2D eigenvalue weighted by molar-refractivity contribution is -0.124. The van der Waals surface area contributed by atoms with Crippen LogP contribution in [0.1, 0.15) is 37.2 Å². The van der Waals surface area contributed by atoms with Gasteiger partial charge in [-0.3, -0.25) is 14.3 Å². The van der Waals surface area contributed by atoms with Gasteiger partial charge in [0.15, 0.2) is 17.1 Å². The summed E-state index contributed by atoms with van der Waals surface area (Å²) in [5, 5.41) is 3.93. The summed E-state index contributed by atoms with van der Waals surface area (Å²) in [4.78, 5) is 29.5. The van der Waals surface area contributed by atoms with Gasteiger partial charge >= 0.3 is 0 Å². The Morgan fingerprint density at radius 3 is 2.62 bits per heavy atom. The molecule has 8 nitrogen and oxygen atoms in total. The molecule has 4 aromatic rings. The van der Waals surface area contributed by atoms with E-state index < -0.39 is 6.04 Å². The fourth-order valence-electron chi connectivity index (χ4n) is 4.25. The highest BCUT2D eigenvalue weighted by molar-refractivity contribution is 5.94. The molecule has 0 saturated carbocycles. The molecule has 32 heavy (non-hydrogen) atoms. The molecule has 2 aromatic heterocycles. The number of nitrogens with one attached hydrogen (secondary N) is 1. The monoisotopic (exact) mass is 432 g/mol. The maximum Gasteiger partial charge on any atom is 0.273 e. The highest BCUT2D eigenvalue weighted by atomic mass is 16.6. The van der Waals surface area contributed by atoms with Gasteiger partial charge in [-0.25, -0.2) is 4.52 Å². The standard InChI is InChI=1S/C24H24N4O4/c1-14-12-22(29)26-23-18-6-4-5-7-19(18)28(27(14)23)16(3)24(30)25-15(2)17-8-9-20-21(13-17)32-11-10-31-20/h4-9,12-13,15-16H,10-11H2,1-3H3,(H,25,30). The number of ether oxygens (including phenoxy) is 2. The average molecular weight is 432 g/mol. The van der Waals surface area contributed by atoms with Crippen LogP contribution in [0.15, 0.2) is 53.3 Å². The maximum atomic E-state index is 13.3. The fourth-order valence-corrected chi connectivity index (χ4v) is 4.25. The molecule has 1 aliphatic heterocycles. The largest absolute Gasteiger partial charge is 0.486 e. The minimum atomic E-state index is -0.542. The van der Waals surface area contributed by atoms with Crippen molar-refractivity contribution in [1.82, 2.24) is 19.5 Å². The Hall–Kier alpha value is -3.81. The van der Waals surface area contributed by atoms with Gasteiger partial charge in [-0.05, 0) is 50.6 Å². The van der Waals surface area contributed by atoms with Crippen LogP contribution in [0.25, 0.3) is 16.6 Å². The third-order valence-electron chi connectivity index (χ3n) is 5.86. The lowest BCUT2D eigenvalue weighted by Gasteiger charge is -2.23. The summed E-state index contributed by atoms with van der Waals surface area (Å²) in [7, 11) is 0. The molecule has 1 amide bonds. The highest BCUT2D eigenvalue weighted by Gasteiger charge is 2.24. The number of rotatable bonds is 4. The number of amides is 1. The number of hydrogen-bond donors (Lipinski definition) is 1. The molecule has 0 spiro atoms. The van der Waals surface area contributed by atoms with Gasteiger partial charge in [0.05, 0.1) is 11.6 Å². The van der Waals surface area contributed by atoms with Gasteiger partial charge in [-0.2, -0.15) is 4.98 Å². The summed E-state index contributed by atoms with van der Waals surface area (Å²) in [6.45, 7) is 6.67. The van der Waals surface area contributed by atoms with Gasteiger partial charge < -0.3 is 14.8 Å². The number of hydrogen-bond acceptors (Lipinski definition) is 5. The lowest BCUT2D eigenvalue weighted by atomic mass is 10.1. The van der Waals surface area contributed by atoms with Crippen LogP contribution in [0.2, 0.25) is 0 Å². The average Bonchev–Trinajstić information content (AvgIpc) is 3.12. The van der Waals surface area contributed by atoms with E-state index in [1.54, 1.807) is 0 Å². The summed E-state index contributed by atoms with van der Waals surface area (Å²) < 4.78 is 15.0. The molecule has 1 aliphatic rings. The van der Waals surface area contributed by atoms with Crippen LogP contribution in [0, 0.1) is 6.92 Å². The molecule has 0 saturated heterocycles. The third-order valence-corrected chi connectivity index (χ3v) is 5.86. The van der Waals surface area contributed by atoms with Crippen LogP contribution in [-0.4, -0.2) is 33.3 Å². The second kappa shape index (κ2) is 7.71. The molecule has 0 radical (unpaired) electrons. The van der Waals surface area contributed by atoms with Crippen LogP contribution in [-0.2, 0) is 4.79 Å². The summed E-state index contributed by atoms with van der Waals surface area (Å²) in [5.41, 5.74) is 2.73. The number of aryl methyl sites for hydroxylation is 1. The third kappa shape index (κ3) is 3.28. The molecule has 5 rings (SSSR count). The Labute approximate surface area is 184 Å². The molecular weight excluding hydrogens is 408 g/mol. The van der Waals surface area contributed by atoms with Gasteiger partial charge in [0.25, 0.3) is 5.56 Å². The van der Waals surface area contributed by atoms with E-state index in [1.807, 2.05) is 72.4 Å². The second-order valence-electron chi connectivity index (χ2n) is 8.04. The first kappa shape index (κ1) is 20.1. The van der Waals surface area contributed by atoms with Crippen molar-refractivity contribution in [3.63, 3.8) is 0 Å². The highest BCUT2D eigenvalue weighted by Crippen LogP contribution is 2.33. The molecule has 0 bridgehead atoms. The normalized spacial score (nSPS) is 15.0. The molecule has 0 aliphatic carbocycles. The van der Waals surface area contributed by atoms with E-state index in [0.717, 1.165) is 22.2 Å². The Morgan fingerprint density at radius 1 is 1.06 bits per heavy atom. The van der Waals surface area contributed by atoms with Crippen LogP contribution in [0.5, 0.6) is 11.5 Å². The van der Waals surface area contributed by atoms with Gasteiger partial charge in [0.2, 0.25) is 5.91 Å². The van der Waals surface area contributed by atoms with E-state index in [2.05, 4.69) is 10.3 Å². The number of aromatic nitrogens is 3. The molecule has 3 heterocycles. The maximum absolute atomic E-state index is 13.3. The quantitative estimate of drug-likeness (QED) is 0.535. The number of carbonyl (C=O) groups excluding carboxylic acids is 1.